The first-order valence-corrected chi connectivity index (χ1v) is 10.1. The molecule has 0 saturated heterocycles. The van der Waals surface area contributed by atoms with E-state index in [0.29, 0.717) is 48.1 Å². The molecule has 0 aliphatic carbocycles. The molecule has 30 heavy (non-hydrogen) atoms. The van der Waals surface area contributed by atoms with Crippen LogP contribution >= 0.6 is 0 Å². The molecule has 0 spiro atoms. The van der Waals surface area contributed by atoms with E-state index in [0.717, 1.165) is 5.69 Å². The lowest BCUT2D eigenvalue weighted by atomic mass is 10.0. The monoisotopic (exact) mass is 408 g/mol. The minimum atomic E-state index is -0.324. The minimum Gasteiger partial charge on any atom is -0.497 e. The molecule has 0 unspecified atom stereocenters. The Kier molecular flexibility index (Phi) is 6.90. The molecule has 0 aromatic heterocycles. The first kappa shape index (κ1) is 21.6. The molecule has 0 radical (unpaired) electrons. The maximum absolute atomic E-state index is 13.1. The molecule has 1 N–H and O–H groups in total. The van der Waals surface area contributed by atoms with Gasteiger partial charge >= 0.3 is 0 Å². The van der Waals surface area contributed by atoms with Gasteiger partial charge in [-0.2, -0.15) is 0 Å². The van der Waals surface area contributed by atoms with Crippen LogP contribution in [0.3, 0.4) is 0 Å². The number of hydrogen-bond acceptors (Lipinski definition) is 5. The second-order valence-corrected chi connectivity index (χ2v) is 7.49. The highest BCUT2D eigenvalue weighted by atomic mass is 16.5. The van der Waals surface area contributed by atoms with Crippen molar-refractivity contribution in [3.8, 4) is 5.75 Å². The van der Waals surface area contributed by atoms with Crippen LogP contribution in [-0.4, -0.2) is 44.1 Å². The highest BCUT2D eigenvalue weighted by Gasteiger charge is 2.38. The Morgan fingerprint density at radius 3 is 2.17 bits per heavy atom. The maximum atomic E-state index is 13.1. The molecule has 6 nitrogen and oxygen atoms in total. The predicted octanol–water partition coefficient (Wildman–Crippen LogP) is 4.05. The van der Waals surface area contributed by atoms with Crippen LogP contribution in [0.4, 0.5) is 5.69 Å². The van der Waals surface area contributed by atoms with Crippen molar-refractivity contribution in [2.45, 2.75) is 26.2 Å². The molecule has 2 aromatic carbocycles. The van der Waals surface area contributed by atoms with Crippen LogP contribution in [0.2, 0.25) is 0 Å². The molecular formula is C24H28N2O4. The van der Waals surface area contributed by atoms with Crippen LogP contribution in [0.25, 0.3) is 5.57 Å². The average Bonchev–Trinajstić information content (AvgIpc) is 2.98. The van der Waals surface area contributed by atoms with Gasteiger partial charge in [0.25, 0.3) is 11.8 Å². The second-order valence-electron chi connectivity index (χ2n) is 7.49. The molecule has 0 atom stereocenters. The summed E-state index contributed by atoms with van der Waals surface area (Å²) in [4.78, 5) is 27.5. The largest absolute Gasteiger partial charge is 0.497 e. The summed E-state index contributed by atoms with van der Waals surface area (Å²) in [6, 6.07) is 15.1. The minimum absolute atomic E-state index is 0.292. The number of methoxy groups -OCH3 is 2. The zero-order valence-corrected chi connectivity index (χ0v) is 17.9. The maximum Gasteiger partial charge on any atom is 0.278 e. The lowest BCUT2D eigenvalue weighted by Gasteiger charge is -2.15. The van der Waals surface area contributed by atoms with Crippen molar-refractivity contribution < 1.29 is 19.1 Å². The van der Waals surface area contributed by atoms with Gasteiger partial charge in [-0.25, -0.2) is 0 Å². The number of hydrogen-bond donors (Lipinski definition) is 1. The SMILES string of the molecule is COCCCN1C(=O)C(Nc2ccc(C(C)C)cc2)=C(c2ccc(OC)cc2)C1=O. The summed E-state index contributed by atoms with van der Waals surface area (Å²) >= 11 is 0. The van der Waals surface area contributed by atoms with Gasteiger partial charge < -0.3 is 14.8 Å². The van der Waals surface area contributed by atoms with Gasteiger partial charge in [-0.1, -0.05) is 38.1 Å². The molecule has 3 rings (SSSR count). The number of imide groups is 1. The topological polar surface area (TPSA) is 67.9 Å². The first-order valence-electron chi connectivity index (χ1n) is 10.1. The van der Waals surface area contributed by atoms with Gasteiger partial charge in [0.05, 0.1) is 12.7 Å². The number of nitrogens with one attached hydrogen (secondary N) is 1. The van der Waals surface area contributed by atoms with E-state index in [1.807, 2.05) is 24.3 Å². The lowest BCUT2D eigenvalue weighted by Crippen LogP contribution is -2.33. The Labute approximate surface area is 177 Å². The predicted molar refractivity (Wildman–Crippen MR) is 117 cm³/mol. The molecule has 0 bridgehead atoms. The Hall–Kier alpha value is -3.12. The summed E-state index contributed by atoms with van der Waals surface area (Å²) in [5.74, 6) is 0.475. The molecule has 1 heterocycles. The number of anilines is 1. The van der Waals surface area contributed by atoms with Crippen LogP contribution in [0.5, 0.6) is 5.75 Å². The lowest BCUT2D eigenvalue weighted by molar-refractivity contribution is -0.136. The van der Waals surface area contributed by atoms with E-state index < -0.39 is 0 Å². The van der Waals surface area contributed by atoms with Gasteiger partial charge in [0, 0.05) is 25.9 Å². The average molecular weight is 408 g/mol. The van der Waals surface area contributed by atoms with Crippen molar-refractivity contribution >= 4 is 23.1 Å². The Balaban J connectivity index is 1.95. The second kappa shape index (κ2) is 9.59. The highest BCUT2D eigenvalue weighted by molar-refractivity contribution is 6.36. The van der Waals surface area contributed by atoms with Gasteiger partial charge in [-0.15, -0.1) is 0 Å². The summed E-state index contributed by atoms with van der Waals surface area (Å²) in [7, 11) is 3.19. The van der Waals surface area contributed by atoms with Crippen LogP contribution in [0, 0.1) is 0 Å². The van der Waals surface area contributed by atoms with Gasteiger partial charge in [0.15, 0.2) is 0 Å². The van der Waals surface area contributed by atoms with Crippen LogP contribution in [0.1, 0.15) is 37.3 Å². The normalized spacial score (nSPS) is 14.1. The summed E-state index contributed by atoms with van der Waals surface area (Å²) in [5, 5.41) is 3.19. The molecule has 2 aromatic rings. The summed E-state index contributed by atoms with van der Waals surface area (Å²) in [5.41, 5.74) is 3.30. The third-order valence-electron chi connectivity index (χ3n) is 5.12. The molecule has 0 saturated carbocycles. The Morgan fingerprint density at radius 2 is 1.60 bits per heavy atom. The molecular weight excluding hydrogens is 380 g/mol. The fraction of sp³-hybridized carbons (Fsp3) is 0.333. The van der Waals surface area contributed by atoms with Crippen molar-refractivity contribution in [2.75, 3.05) is 32.7 Å². The number of benzene rings is 2. The molecule has 6 heteroatoms. The van der Waals surface area contributed by atoms with Crippen molar-refractivity contribution in [3.63, 3.8) is 0 Å². The zero-order chi connectivity index (χ0) is 21.7. The molecule has 0 fully saturated rings. The van der Waals surface area contributed by atoms with Gasteiger partial charge in [0.1, 0.15) is 11.4 Å². The molecule has 158 valence electrons. The highest BCUT2D eigenvalue weighted by Crippen LogP contribution is 2.31. The van der Waals surface area contributed by atoms with Crippen molar-refractivity contribution in [2.24, 2.45) is 0 Å². The number of carbonyl (C=O) groups is 2. The molecule has 1 aliphatic heterocycles. The number of carbonyl (C=O) groups excluding carboxylic acids is 2. The Bertz CT molecular complexity index is 931. The van der Waals surface area contributed by atoms with Crippen LogP contribution in [-0.2, 0) is 14.3 Å². The van der Waals surface area contributed by atoms with Gasteiger partial charge in [0.2, 0.25) is 0 Å². The Morgan fingerprint density at radius 1 is 0.933 bits per heavy atom. The number of amides is 2. The quantitative estimate of drug-likeness (QED) is 0.501. The number of ether oxygens (including phenoxy) is 2. The van der Waals surface area contributed by atoms with Crippen molar-refractivity contribution in [1.29, 1.82) is 0 Å². The summed E-state index contributed by atoms with van der Waals surface area (Å²) < 4.78 is 10.3. The van der Waals surface area contributed by atoms with Crippen LogP contribution < -0.4 is 10.1 Å². The number of rotatable bonds is 9. The van der Waals surface area contributed by atoms with E-state index >= 15 is 0 Å². The smallest absolute Gasteiger partial charge is 0.278 e. The zero-order valence-electron chi connectivity index (χ0n) is 17.9. The fourth-order valence-corrected chi connectivity index (χ4v) is 3.38. The van der Waals surface area contributed by atoms with E-state index in [2.05, 4.69) is 19.2 Å². The van der Waals surface area contributed by atoms with E-state index in [9.17, 15) is 9.59 Å². The van der Waals surface area contributed by atoms with E-state index in [1.54, 1.807) is 38.5 Å². The van der Waals surface area contributed by atoms with Crippen molar-refractivity contribution in [3.05, 3.63) is 65.4 Å². The van der Waals surface area contributed by atoms with E-state index in [1.165, 1.54) is 10.5 Å². The van der Waals surface area contributed by atoms with Crippen LogP contribution in [0.15, 0.2) is 54.2 Å². The van der Waals surface area contributed by atoms with Gasteiger partial charge in [-0.3, -0.25) is 14.5 Å². The summed E-state index contributed by atoms with van der Waals surface area (Å²) in [6.07, 6.45) is 0.584. The molecule has 2 amide bonds. The van der Waals surface area contributed by atoms with E-state index in [-0.39, 0.29) is 11.8 Å². The molecule has 1 aliphatic rings. The standard InChI is InChI=1S/C24H28N2O4/c1-16(2)17-6-10-19(11-7-17)25-22-21(18-8-12-20(30-4)13-9-18)23(27)26(24(22)28)14-5-15-29-3/h6-13,16,25H,5,14-15H2,1-4H3. The van der Waals surface area contributed by atoms with Gasteiger partial charge in [-0.05, 0) is 47.7 Å². The van der Waals surface area contributed by atoms with Crippen molar-refractivity contribution in [1.82, 2.24) is 4.90 Å². The van der Waals surface area contributed by atoms with E-state index in [4.69, 9.17) is 9.47 Å². The third kappa shape index (κ3) is 4.54. The first-order chi connectivity index (χ1) is 14.5. The summed E-state index contributed by atoms with van der Waals surface area (Å²) in [6.45, 7) is 5.05. The third-order valence-corrected chi connectivity index (χ3v) is 5.12. The fourth-order valence-electron chi connectivity index (χ4n) is 3.38. The number of nitrogens with zero attached hydrogens (tertiary/aromatic N) is 1.